The highest BCUT2D eigenvalue weighted by Gasteiger charge is 2.31. The molecule has 2 aromatic rings. The molecule has 0 unspecified atom stereocenters. The molecule has 0 spiro atoms. The second-order valence-corrected chi connectivity index (χ2v) is 5.82. The van der Waals surface area contributed by atoms with Crippen molar-refractivity contribution in [2.75, 3.05) is 49.2 Å². The maximum atomic E-state index is 14.0. The minimum atomic E-state index is -0.373. The van der Waals surface area contributed by atoms with Crippen molar-refractivity contribution in [2.24, 2.45) is 0 Å². The average Bonchev–Trinajstić information content (AvgIpc) is 2.57. The maximum Gasteiger partial charge on any atom is 0.227 e. The number of morpholine rings is 1. The molecule has 0 aliphatic carbocycles. The molecule has 2 aliphatic heterocycles. The van der Waals surface area contributed by atoms with E-state index in [-0.39, 0.29) is 5.82 Å². The first kappa shape index (κ1) is 14.3. The fourth-order valence-electron chi connectivity index (χ4n) is 2.99. The van der Waals surface area contributed by atoms with Gasteiger partial charge < -0.3 is 14.5 Å². The number of hydrogen-bond acceptors (Lipinski definition) is 6. The van der Waals surface area contributed by atoms with E-state index < -0.39 is 0 Å². The Kier molecular flexibility index (Phi) is 3.78. The maximum absolute atomic E-state index is 14.0. The molecule has 7 heteroatoms. The second-order valence-electron chi connectivity index (χ2n) is 5.82. The minimum Gasteiger partial charge on any atom is -0.378 e. The molecule has 0 bridgehead atoms. The Hall–Kier alpha value is -2.28. The summed E-state index contributed by atoms with van der Waals surface area (Å²) in [6.07, 6.45) is 4.89. The Morgan fingerprint density at radius 2 is 1.83 bits per heavy atom. The number of hydrogen-bond donors (Lipinski definition) is 0. The van der Waals surface area contributed by atoms with Crippen molar-refractivity contribution in [3.63, 3.8) is 0 Å². The number of aromatic nitrogens is 3. The Morgan fingerprint density at radius 3 is 2.57 bits per heavy atom. The summed E-state index contributed by atoms with van der Waals surface area (Å²) in [6, 6.07) is 4.07. The lowest BCUT2D eigenvalue weighted by molar-refractivity contribution is 0.122. The standard InChI is InChI=1S/C16H18FN5O/c17-14-9-19-16(20-15(14)21-5-7-23-8-6-21)22-10-13(11-22)12-1-3-18-4-2-12/h1-4,9,13H,5-8,10-11H2. The van der Waals surface area contributed by atoms with Gasteiger partial charge in [0.2, 0.25) is 5.95 Å². The number of anilines is 2. The number of pyridine rings is 1. The van der Waals surface area contributed by atoms with Crippen molar-refractivity contribution in [1.82, 2.24) is 15.0 Å². The molecule has 0 atom stereocenters. The van der Waals surface area contributed by atoms with Crippen LogP contribution in [0.1, 0.15) is 11.5 Å². The largest absolute Gasteiger partial charge is 0.378 e. The molecule has 2 aliphatic rings. The van der Waals surface area contributed by atoms with Gasteiger partial charge in [0.05, 0.1) is 19.4 Å². The summed E-state index contributed by atoms with van der Waals surface area (Å²) in [6.45, 7) is 4.22. The molecular weight excluding hydrogens is 297 g/mol. The van der Waals surface area contributed by atoms with Gasteiger partial charge in [0, 0.05) is 44.5 Å². The zero-order chi connectivity index (χ0) is 15.6. The quantitative estimate of drug-likeness (QED) is 0.854. The first-order chi connectivity index (χ1) is 11.3. The van der Waals surface area contributed by atoms with Crippen LogP contribution < -0.4 is 9.80 Å². The van der Waals surface area contributed by atoms with Crippen molar-refractivity contribution in [3.8, 4) is 0 Å². The molecule has 0 saturated carbocycles. The van der Waals surface area contributed by atoms with Gasteiger partial charge in [0.15, 0.2) is 11.6 Å². The van der Waals surface area contributed by atoms with Crippen LogP contribution in [0.5, 0.6) is 0 Å². The van der Waals surface area contributed by atoms with E-state index in [4.69, 9.17) is 4.74 Å². The van der Waals surface area contributed by atoms with Crippen LogP contribution in [-0.4, -0.2) is 54.3 Å². The van der Waals surface area contributed by atoms with Gasteiger partial charge in [0.1, 0.15) is 0 Å². The highest BCUT2D eigenvalue weighted by atomic mass is 19.1. The highest BCUT2D eigenvalue weighted by molar-refractivity contribution is 5.47. The molecule has 2 aromatic heterocycles. The van der Waals surface area contributed by atoms with E-state index >= 15 is 0 Å². The summed E-state index contributed by atoms with van der Waals surface area (Å²) < 4.78 is 19.4. The van der Waals surface area contributed by atoms with Gasteiger partial charge in [-0.1, -0.05) is 0 Å². The van der Waals surface area contributed by atoms with Crippen molar-refractivity contribution in [3.05, 3.63) is 42.1 Å². The summed E-state index contributed by atoms with van der Waals surface area (Å²) in [5, 5.41) is 0. The van der Waals surface area contributed by atoms with E-state index in [9.17, 15) is 4.39 Å². The molecule has 2 saturated heterocycles. The highest BCUT2D eigenvalue weighted by Crippen LogP contribution is 2.30. The van der Waals surface area contributed by atoms with Gasteiger partial charge in [-0.2, -0.15) is 4.98 Å². The smallest absolute Gasteiger partial charge is 0.227 e. The summed E-state index contributed by atoms with van der Waals surface area (Å²) in [4.78, 5) is 16.6. The van der Waals surface area contributed by atoms with Gasteiger partial charge in [-0.15, -0.1) is 0 Å². The summed E-state index contributed by atoms with van der Waals surface area (Å²) in [7, 11) is 0. The van der Waals surface area contributed by atoms with Crippen LogP contribution in [-0.2, 0) is 4.74 Å². The van der Waals surface area contributed by atoms with Crippen LogP contribution in [0.4, 0.5) is 16.2 Å². The van der Waals surface area contributed by atoms with E-state index in [0.717, 1.165) is 13.1 Å². The number of ether oxygens (including phenoxy) is 1. The molecule has 23 heavy (non-hydrogen) atoms. The lowest BCUT2D eigenvalue weighted by Gasteiger charge is -2.40. The van der Waals surface area contributed by atoms with Gasteiger partial charge in [-0.05, 0) is 17.7 Å². The Bertz CT molecular complexity index is 671. The SMILES string of the molecule is Fc1cnc(N2CC(c3ccncc3)C2)nc1N1CCOCC1. The zero-order valence-electron chi connectivity index (χ0n) is 12.7. The van der Waals surface area contributed by atoms with E-state index in [0.29, 0.717) is 44.0 Å². The molecule has 0 amide bonds. The summed E-state index contributed by atoms with van der Waals surface area (Å²) in [5.74, 6) is 1.06. The van der Waals surface area contributed by atoms with Gasteiger partial charge in [0.25, 0.3) is 0 Å². The molecule has 0 aromatic carbocycles. The predicted octanol–water partition coefficient (Wildman–Crippen LogP) is 1.45. The lowest BCUT2D eigenvalue weighted by Crippen LogP contribution is -2.46. The van der Waals surface area contributed by atoms with Crippen LogP contribution >= 0.6 is 0 Å². The van der Waals surface area contributed by atoms with E-state index in [1.807, 2.05) is 29.4 Å². The fourth-order valence-corrected chi connectivity index (χ4v) is 2.99. The van der Waals surface area contributed by atoms with Crippen LogP contribution in [0.25, 0.3) is 0 Å². The molecule has 0 radical (unpaired) electrons. The molecular formula is C16H18FN5O. The third-order valence-electron chi connectivity index (χ3n) is 4.37. The van der Waals surface area contributed by atoms with E-state index in [1.54, 1.807) is 0 Å². The number of rotatable bonds is 3. The van der Waals surface area contributed by atoms with Crippen molar-refractivity contribution in [2.45, 2.75) is 5.92 Å². The van der Waals surface area contributed by atoms with E-state index in [2.05, 4.69) is 19.9 Å². The Labute approximate surface area is 133 Å². The third kappa shape index (κ3) is 2.84. The van der Waals surface area contributed by atoms with Crippen molar-refractivity contribution >= 4 is 11.8 Å². The number of nitrogens with zero attached hydrogens (tertiary/aromatic N) is 5. The molecule has 0 N–H and O–H groups in total. The molecule has 6 nitrogen and oxygen atoms in total. The zero-order valence-corrected chi connectivity index (χ0v) is 12.7. The van der Waals surface area contributed by atoms with Gasteiger partial charge in [-0.25, -0.2) is 9.37 Å². The van der Waals surface area contributed by atoms with E-state index in [1.165, 1.54) is 11.8 Å². The third-order valence-corrected chi connectivity index (χ3v) is 4.37. The van der Waals surface area contributed by atoms with Crippen LogP contribution in [0.3, 0.4) is 0 Å². The Balaban J connectivity index is 1.48. The first-order valence-electron chi connectivity index (χ1n) is 7.81. The normalized spacial score (nSPS) is 18.8. The predicted molar refractivity (Wildman–Crippen MR) is 84.2 cm³/mol. The van der Waals surface area contributed by atoms with Crippen LogP contribution in [0.15, 0.2) is 30.7 Å². The van der Waals surface area contributed by atoms with Crippen molar-refractivity contribution < 1.29 is 9.13 Å². The number of halogens is 1. The van der Waals surface area contributed by atoms with Crippen LogP contribution in [0.2, 0.25) is 0 Å². The molecule has 4 heterocycles. The monoisotopic (exact) mass is 315 g/mol. The summed E-state index contributed by atoms with van der Waals surface area (Å²) >= 11 is 0. The minimum absolute atomic E-state index is 0.373. The van der Waals surface area contributed by atoms with Crippen LogP contribution in [0, 0.1) is 5.82 Å². The van der Waals surface area contributed by atoms with Gasteiger partial charge in [-0.3, -0.25) is 4.98 Å². The Morgan fingerprint density at radius 1 is 1.09 bits per heavy atom. The topological polar surface area (TPSA) is 54.4 Å². The average molecular weight is 315 g/mol. The fraction of sp³-hybridized carbons (Fsp3) is 0.438. The summed E-state index contributed by atoms with van der Waals surface area (Å²) in [5.41, 5.74) is 1.27. The molecule has 2 fully saturated rings. The molecule has 4 rings (SSSR count). The van der Waals surface area contributed by atoms with Gasteiger partial charge >= 0.3 is 0 Å². The molecule has 120 valence electrons. The lowest BCUT2D eigenvalue weighted by atomic mass is 9.93. The van der Waals surface area contributed by atoms with Crippen molar-refractivity contribution in [1.29, 1.82) is 0 Å². The second kappa shape index (κ2) is 6.08. The first-order valence-corrected chi connectivity index (χ1v) is 7.81.